The van der Waals surface area contributed by atoms with Crippen molar-refractivity contribution in [3.8, 4) is 0 Å². The van der Waals surface area contributed by atoms with E-state index in [1.54, 1.807) is 4.90 Å². The van der Waals surface area contributed by atoms with Crippen molar-refractivity contribution >= 4 is 11.8 Å². The first kappa shape index (κ1) is 19.4. The fourth-order valence-corrected chi connectivity index (χ4v) is 5.18. The van der Waals surface area contributed by atoms with Crippen LogP contribution >= 0.6 is 0 Å². The van der Waals surface area contributed by atoms with Crippen LogP contribution in [-0.4, -0.2) is 71.6 Å². The summed E-state index contributed by atoms with van der Waals surface area (Å²) in [6.07, 6.45) is 7.99. The van der Waals surface area contributed by atoms with E-state index in [0.717, 1.165) is 63.0 Å². The SMILES string of the molecule is CN(C)C(=O)CCCC1NCC2CC1CN(C(=O)c1n[nH]c3c1CCCC3)C2. The molecule has 3 atom stereocenters. The maximum absolute atomic E-state index is 13.2. The Morgan fingerprint density at radius 1 is 1.21 bits per heavy atom. The van der Waals surface area contributed by atoms with Gasteiger partial charge in [0.05, 0.1) is 0 Å². The second-order valence-electron chi connectivity index (χ2n) is 9.00. The summed E-state index contributed by atoms with van der Waals surface area (Å²) in [5, 5.41) is 11.2. The van der Waals surface area contributed by atoms with E-state index in [4.69, 9.17) is 0 Å². The number of hydrogen-bond donors (Lipinski definition) is 2. The van der Waals surface area contributed by atoms with Gasteiger partial charge in [-0.3, -0.25) is 14.7 Å². The van der Waals surface area contributed by atoms with Crippen molar-refractivity contribution in [1.29, 1.82) is 0 Å². The van der Waals surface area contributed by atoms with Gasteiger partial charge in [0, 0.05) is 50.9 Å². The van der Waals surface area contributed by atoms with E-state index < -0.39 is 0 Å². The molecule has 2 bridgehead atoms. The Balaban J connectivity index is 1.38. The Labute approximate surface area is 167 Å². The molecule has 154 valence electrons. The number of likely N-dealkylation sites (tertiary alicyclic amines) is 1. The first-order valence-electron chi connectivity index (χ1n) is 10.8. The molecule has 4 rings (SSSR count). The lowest BCUT2D eigenvalue weighted by molar-refractivity contribution is -0.128. The second kappa shape index (κ2) is 8.23. The quantitative estimate of drug-likeness (QED) is 0.804. The topological polar surface area (TPSA) is 81.3 Å². The smallest absolute Gasteiger partial charge is 0.274 e. The highest BCUT2D eigenvalue weighted by atomic mass is 16.2. The summed E-state index contributed by atoms with van der Waals surface area (Å²) in [4.78, 5) is 28.8. The van der Waals surface area contributed by atoms with E-state index in [2.05, 4.69) is 15.5 Å². The van der Waals surface area contributed by atoms with E-state index in [0.29, 0.717) is 30.0 Å². The normalized spacial score (nSPS) is 26.6. The van der Waals surface area contributed by atoms with Gasteiger partial charge in [-0.15, -0.1) is 0 Å². The fraction of sp³-hybridized carbons (Fsp3) is 0.762. The Hall–Kier alpha value is -1.89. The number of H-pyrrole nitrogens is 1. The van der Waals surface area contributed by atoms with Crippen molar-refractivity contribution in [3.63, 3.8) is 0 Å². The highest BCUT2D eigenvalue weighted by Gasteiger charge is 2.39. The van der Waals surface area contributed by atoms with Crippen LogP contribution in [-0.2, 0) is 17.6 Å². The molecule has 2 amide bonds. The van der Waals surface area contributed by atoms with E-state index in [-0.39, 0.29) is 11.8 Å². The highest BCUT2D eigenvalue weighted by molar-refractivity contribution is 5.94. The van der Waals surface area contributed by atoms with Crippen LogP contribution in [0.15, 0.2) is 0 Å². The first-order chi connectivity index (χ1) is 13.5. The van der Waals surface area contributed by atoms with Gasteiger partial charge in [-0.2, -0.15) is 5.10 Å². The summed E-state index contributed by atoms with van der Waals surface area (Å²) in [6, 6.07) is 0.398. The van der Waals surface area contributed by atoms with E-state index in [1.807, 2.05) is 19.0 Å². The van der Waals surface area contributed by atoms with Crippen LogP contribution in [0.1, 0.15) is 60.3 Å². The third-order valence-electron chi connectivity index (χ3n) is 6.76. The standard InChI is InChI=1S/C21H33N5O2/c1-25(2)19(27)9-5-8-17-15-10-14(11-22-17)12-26(13-15)21(28)20-16-6-3-4-7-18(16)23-24-20/h14-15,17,22H,3-13H2,1-2H3,(H,23,24). The lowest BCUT2D eigenvalue weighted by Gasteiger charge is -2.46. The third-order valence-corrected chi connectivity index (χ3v) is 6.76. The molecule has 0 spiro atoms. The summed E-state index contributed by atoms with van der Waals surface area (Å²) < 4.78 is 0. The van der Waals surface area contributed by atoms with Gasteiger partial charge in [0.1, 0.15) is 0 Å². The molecule has 2 fully saturated rings. The minimum Gasteiger partial charge on any atom is -0.349 e. The van der Waals surface area contributed by atoms with Crippen molar-refractivity contribution in [2.45, 2.75) is 57.4 Å². The average Bonchev–Trinajstić information content (AvgIpc) is 3.13. The molecule has 1 aliphatic carbocycles. The maximum atomic E-state index is 13.2. The molecule has 3 unspecified atom stereocenters. The first-order valence-corrected chi connectivity index (χ1v) is 10.8. The van der Waals surface area contributed by atoms with Crippen molar-refractivity contribution in [2.24, 2.45) is 11.8 Å². The predicted molar refractivity (Wildman–Crippen MR) is 107 cm³/mol. The molecule has 1 aromatic rings. The average molecular weight is 388 g/mol. The number of amides is 2. The Kier molecular flexibility index (Phi) is 5.71. The van der Waals surface area contributed by atoms with Crippen molar-refractivity contribution in [3.05, 3.63) is 17.0 Å². The molecule has 28 heavy (non-hydrogen) atoms. The molecule has 2 N–H and O–H groups in total. The summed E-state index contributed by atoms with van der Waals surface area (Å²) in [7, 11) is 3.62. The van der Waals surface area contributed by atoms with Crippen LogP contribution < -0.4 is 5.32 Å². The number of aromatic nitrogens is 2. The Morgan fingerprint density at radius 3 is 2.86 bits per heavy atom. The number of fused-ring (bicyclic) bond motifs is 3. The molecule has 0 radical (unpaired) electrons. The van der Waals surface area contributed by atoms with E-state index in [1.165, 1.54) is 12.8 Å². The summed E-state index contributed by atoms with van der Waals surface area (Å²) >= 11 is 0. The van der Waals surface area contributed by atoms with Crippen LogP contribution in [0.5, 0.6) is 0 Å². The number of rotatable bonds is 5. The minimum absolute atomic E-state index is 0.109. The number of aromatic amines is 1. The largest absolute Gasteiger partial charge is 0.349 e. The zero-order valence-corrected chi connectivity index (χ0v) is 17.2. The molecule has 7 nitrogen and oxygen atoms in total. The van der Waals surface area contributed by atoms with Crippen LogP contribution in [0, 0.1) is 11.8 Å². The Bertz CT molecular complexity index is 728. The van der Waals surface area contributed by atoms with Gasteiger partial charge in [0.2, 0.25) is 5.91 Å². The minimum atomic E-state index is 0.109. The number of aryl methyl sites for hydroxylation is 1. The molecular formula is C21H33N5O2. The lowest BCUT2D eigenvalue weighted by atomic mass is 9.78. The molecule has 3 heterocycles. The number of hydrogen-bond acceptors (Lipinski definition) is 4. The zero-order valence-electron chi connectivity index (χ0n) is 17.2. The van der Waals surface area contributed by atoms with Gasteiger partial charge in [-0.1, -0.05) is 0 Å². The van der Waals surface area contributed by atoms with Gasteiger partial charge >= 0.3 is 0 Å². The van der Waals surface area contributed by atoms with Gasteiger partial charge < -0.3 is 15.1 Å². The number of nitrogens with one attached hydrogen (secondary N) is 2. The third kappa shape index (κ3) is 3.95. The molecule has 2 saturated heterocycles. The van der Waals surface area contributed by atoms with Crippen molar-refractivity contribution in [1.82, 2.24) is 25.3 Å². The van der Waals surface area contributed by atoms with Gasteiger partial charge in [0.15, 0.2) is 5.69 Å². The van der Waals surface area contributed by atoms with Crippen molar-refractivity contribution < 1.29 is 9.59 Å². The second-order valence-corrected chi connectivity index (χ2v) is 9.00. The molecule has 0 aromatic carbocycles. The van der Waals surface area contributed by atoms with Crippen LogP contribution in [0.3, 0.4) is 0 Å². The Morgan fingerprint density at radius 2 is 2.04 bits per heavy atom. The molecule has 2 aliphatic heterocycles. The number of carbonyl (C=O) groups is 2. The number of carbonyl (C=O) groups excluding carboxylic acids is 2. The maximum Gasteiger partial charge on any atom is 0.274 e. The predicted octanol–water partition coefficient (Wildman–Crippen LogP) is 1.60. The van der Waals surface area contributed by atoms with Gasteiger partial charge in [-0.05, 0) is 63.3 Å². The zero-order chi connectivity index (χ0) is 19.7. The molecule has 3 aliphatic rings. The molecule has 7 heteroatoms. The summed E-state index contributed by atoms with van der Waals surface area (Å²) in [5.74, 6) is 1.30. The molecule has 1 aromatic heterocycles. The summed E-state index contributed by atoms with van der Waals surface area (Å²) in [5.41, 5.74) is 2.98. The number of piperidine rings is 2. The van der Waals surface area contributed by atoms with Crippen molar-refractivity contribution in [2.75, 3.05) is 33.7 Å². The van der Waals surface area contributed by atoms with E-state index >= 15 is 0 Å². The monoisotopic (exact) mass is 387 g/mol. The lowest BCUT2D eigenvalue weighted by Crippen LogP contribution is -2.57. The number of nitrogens with zero attached hydrogens (tertiary/aromatic N) is 3. The van der Waals surface area contributed by atoms with Gasteiger partial charge in [0.25, 0.3) is 5.91 Å². The van der Waals surface area contributed by atoms with Crippen LogP contribution in [0.4, 0.5) is 0 Å². The van der Waals surface area contributed by atoms with Crippen LogP contribution in [0.2, 0.25) is 0 Å². The highest BCUT2D eigenvalue weighted by Crippen LogP contribution is 2.32. The molecule has 0 saturated carbocycles. The van der Waals surface area contributed by atoms with Gasteiger partial charge in [-0.25, -0.2) is 0 Å². The van der Waals surface area contributed by atoms with Crippen LogP contribution in [0.25, 0.3) is 0 Å². The molecular weight excluding hydrogens is 354 g/mol. The summed E-state index contributed by atoms with van der Waals surface area (Å²) in [6.45, 7) is 2.59. The fourth-order valence-electron chi connectivity index (χ4n) is 5.18. The van der Waals surface area contributed by atoms with E-state index in [9.17, 15) is 9.59 Å².